The SMILES string of the molecule is CC.CO.CSCCCOc1cc(C)c(-c2cccc(OCc3ccc(CCC=O)cc3)n2)c(C)c1. The fourth-order valence-corrected chi connectivity index (χ4v) is 4.03. The highest BCUT2D eigenvalue weighted by molar-refractivity contribution is 7.98. The molecule has 1 aromatic heterocycles. The summed E-state index contributed by atoms with van der Waals surface area (Å²) in [5.74, 6) is 2.62. The Bertz CT molecular complexity index is 999. The number of aliphatic hydroxyl groups excluding tert-OH is 1. The molecule has 0 aliphatic heterocycles. The molecule has 0 fully saturated rings. The summed E-state index contributed by atoms with van der Waals surface area (Å²) in [7, 11) is 1.00. The number of benzene rings is 2. The van der Waals surface area contributed by atoms with Crippen LogP contribution >= 0.6 is 11.8 Å². The van der Waals surface area contributed by atoms with Gasteiger partial charge in [0.15, 0.2) is 0 Å². The number of aldehydes is 1. The predicted octanol–water partition coefficient (Wildman–Crippen LogP) is 6.84. The number of pyridine rings is 1. The highest BCUT2D eigenvalue weighted by Gasteiger charge is 2.11. The molecular formula is C30H41NO4S. The third-order valence-corrected chi connectivity index (χ3v) is 5.90. The molecule has 1 N–H and O–H groups in total. The van der Waals surface area contributed by atoms with Crippen molar-refractivity contribution in [2.24, 2.45) is 0 Å². The Morgan fingerprint density at radius 2 is 1.58 bits per heavy atom. The van der Waals surface area contributed by atoms with E-state index in [0.29, 0.717) is 18.9 Å². The molecule has 5 nitrogen and oxygen atoms in total. The van der Waals surface area contributed by atoms with Gasteiger partial charge in [0.25, 0.3) is 0 Å². The molecule has 0 bridgehead atoms. The molecule has 0 radical (unpaired) electrons. The Hall–Kier alpha value is -2.83. The molecule has 196 valence electrons. The quantitative estimate of drug-likeness (QED) is 0.212. The minimum absolute atomic E-state index is 0.450. The van der Waals surface area contributed by atoms with Crippen molar-refractivity contribution in [1.82, 2.24) is 4.98 Å². The Balaban J connectivity index is 0.00000154. The van der Waals surface area contributed by atoms with E-state index in [2.05, 4.69) is 32.2 Å². The van der Waals surface area contributed by atoms with Crippen LogP contribution in [0.2, 0.25) is 0 Å². The van der Waals surface area contributed by atoms with Crippen LogP contribution in [-0.4, -0.2) is 42.1 Å². The monoisotopic (exact) mass is 511 g/mol. The molecule has 0 aliphatic rings. The van der Waals surface area contributed by atoms with Crippen LogP contribution in [0.3, 0.4) is 0 Å². The maximum atomic E-state index is 10.5. The summed E-state index contributed by atoms with van der Waals surface area (Å²) >= 11 is 1.84. The number of hydrogen-bond acceptors (Lipinski definition) is 6. The highest BCUT2D eigenvalue weighted by Crippen LogP contribution is 2.31. The van der Waals surface area contributed by atoms with Crippen LogP contribution in [0.25, 0.3) is 11.3 Å². The lowest BCUT2D eigenvalue weighted by atomic mass is 9.99. The maximum absolute atomic E-state index is 10.5. The van der Waals surface area contributed by atoms with Crippen LogP contribution in [0.5, 0.6) is 11.6 Å². The van der Waals surface area contributed by atoms with Crippen molar-refractivity contribution in [1.29, 1.82) is 0 Å². The van der Waals surface area contributed by atoms with Crippen LogP contribution in [0.4, 0.5) is 0 Å². The Labute approximate surface area is 221 Å². The second-order valence-electron chi connectivity index (χ2n) is 7.80. The number of thioether (sulfide) groups is 1. The van der Waals surface area contributed by atoms with Crippen molar-refractivity contribution in [3.8, 4) is 22.9 Å². The van der Waals surface area contributed by atoms with E-state index in [1.165, 1.54) is 0 Å². The number of aromatic nitrogens is 1. The summed E-state index contributed by atoms with van der Waals surface area (Å²) in [5, 5.41) is 7.00. The van der Waals surface area contributed by atoms with Gasteiger partial charge in [-0.25, -0.2) is 4.98 Å². The van der Waals surface area contributed by atoms with E-state index in [1.807, 2.05) is 68.1 Å². The molecule has 0 spiro atoms. The number of aryl methyl sites for hydroxylation is 3. The van der Waals surface area contributed by atoms with E-state index in [9.17, 15) is 4.79 Å². The number of carbonyl (C=O) groups is 1. The third kappa shape index (κ3) is 10.4. The van der Waals surface area contributed by atoms with Gasteiger partial charge in [-0.3, -0.25) is 0 Å². The molecule has 2 aromatic carbocycles. The molecule has 0 atom stereocenters. The van der Waals surface area contributed by atoms with Gasteiger partial charge < -0.3 is 19.4 Å². The van der Waals surface area contributed by atoms with E-state index >= 15 is 0 Å². The van der Waals surface area contributed by atoms with Crippen molar-refractivity contribution in [3.63, 3.8) is 0 Å². The second-order valence-corrected chi connectivity index (χ2v) is 8.78. The summed E-state index contributed by atoms with van der Waals surface area (Å²) in [4.78, 5) is 15.3. The van der Waals surface area contributed by atoms with E-state index in [0.717, 1.165) is 77.9 Å². The first-order valence-electron chi connectivity index (χ1n) is 12.4. The van der Waals surface area contributed by atoms with E-state index in [4.69, 9.17) is 19.6 Å². The smallest absolute Gasteiger partial charge is 0.214 e. The third-order valence-electron chi connectivity index (χ3n) is 5.21. The number of nitrogens with zero attached hydrogens (tertiary/aromatic N) is 1. The van der Waals surface area contributed by atoms with Gasteiger partial charge in [-0.05, 0) is 79.2 Å². The lowest BCUT2D eigenvalue weighted by Crippen LogP contribution is -2.01. The molecular weight excluding hydrogens is 470 g/mol. The van der Waals surface area contributed by atoms with Crippen molar-refractivity contribution < 1.29 is 19.4 Å². The Kier molecular flexibility index (Phi) is 16.0. The lowest BCUT2D eigenvalue weighted by molar-refractivity contribution is -0.107. The molecule has 3 aromatic rings. The van der Waals surface area contributed by atoms with Crippen molar-refractivity contribution in [3.05, 3.63) is 76.9 Å². The molecule has 0 amide bonds. The predicted molar refractivity (Wildman–Crippen MR) is 152 cm³/mol. The van der Waals surface area contributed by atoms with Crippen LogP contribution in [0, 0.1) is 13.8 Å². The lowest BCUT2D eigenvalue weighted by Gasteiger charge is -2.14. The van der Waals surface area contributed by atoms with Gasteiger partial charge in [0, 0.05) is 25.2 Å². The number of hydrogen-bond donors (Lipinski definition) is 1. The fraction of sp³-hybridized carbons (Fsp3) is 0.400. The zero-order valence-electron chi connectivity index (χ0n) is 22.5. The summed E-state index contributed by atoms with van der Waals surface area (Å²) in [5.41, 5.74) is 6.52. The summed E-state index contributed by atoms with van der Waals surface area (Å²) in [6, 6.07) is 18.2. The maximum Gasteiger partial charge on any atom is 0.214 e. The number of carbonyl (C=O) groups excluding carboxylic acids is 1. The highest BCUT2D eigenvalue weighted by atomic mass is 32.2. The minimum atomic E-state index is 0.450. The molecule has 1 heterocycles. The second kappa shape index (κ2) is 18.4. The van der Waals surface area contributed by atoms with E-state index in [-0.39, 0.29) is 0 Å². The Morgan fingerprint density at radius 3 is 2.19 bits per heavy atom. The van der Waals surface area contributed by atoms with E-state index < -0.39 is 0 Å². The van der Waals surface area contributed by atoms with Gasteiger partial charge in [-0.1, -0.05) is 44.2 Å². The van der Waals surface area contributed by atoms with Crippen LogP contribution in [0.15, 0.2) is 54.6 Å². The van der Waals surface area contributed by atoms with Gasteiger partial charge in [0.1, 0.15) is 18.6 Å². The first-order chi connectivity index (χ1) is 17.6. The Morgan fingerprint density at radius 1 is 0.944 bits per heavy atom. The zero-order valence-corrected chi connectivity index (χ0v) is 23.4. The molecule has 3 rings (SSSR count). The molecule has 0 saturated carbocycles. The topological polar surface area (TPSA) is 68.7 Å². The van der Waals surface area contributed by atoms with Crippen molar-refractivity contribution in [2.75, 3.05) is 25.7 Å². The van der Waals surface area contributed by atoms with Crippen LogP contribution in [-0.2, 0) is 17.8 Å². The number of rotatable bonds is 12. The largest absolute Gasteiger partial charge is 0.494 e. The van der Waals surface area contributed by atoms with Crippen LogP contribution < -0.4 is 9.47 Å². The van der Waals surface area contributed by atoms with Gasteiger partial charge in [-0.15, -0.1) is 0 Å². The first kappa shape index (κ1) is 31.2. The molecule has 36 heavy (non-hydrogen) atoms. The standard InChI is InChI=1S/C27H31NO3S.C2H6.CH4O/c1-20-17-24(30-15-6-16-32-3)18-21(2)27(20)25-8-4-9-26(28-25)31-19-23-12-10-22(11-13-23)7-5-14-29;2*1-2/h4,8-14,17-18H,5-7,15-16,19H2,1-3H3;1-2H3;2H,1H3. The van der Waals surface area contributed by atoms with Crippen molar-refractivity contribution >= 4 is 18.0 Å². The number of aliphatic hydroxyl groups is 1. The van der Waals surface area contributed by atoms with Gasteiger partial charge >= 0.3 is 0 Å². The average Bonchev–Trinajstić information content (AvgIpc) is 2.91. The van der Waals surface area contributed by atoms with Gasteiger partial charge in [0.2, 0.25) is 5.88 Å². The van der Waals surface area contributed by atoms with Gasteiger partial charge in [-0.2, -0.15) is 11.8 Å². The summed E-state index contributed by atoms with van der Waals surface area (Å²) < 4.78 is 11.9. The molecule has 0 saturated heterocycles. The molecule has 0 aliphatic carbocycles. The van der Waals surface area contributed by atoms with Gasteiger partial charge in [0.05, 0.1) is 12.3 Å². The van der Waals surface area contributed by atoms with E-state index in [1.54, 1.807) is 0 Å². The van der Waals surface area contributed by atoms with Crippen molar-refractivity contribution in [2.45, 2.75) is 53.6 Å². The first-order valence-corrected chi connectivity index (χ1v) is 13.8. The fourth-order valence-electron chi connectivity index (χ4n) is 3.62. The molecule has 0 unspecified atom stereocenters. The number of ether oxygens (including phenoxy) is 2. The summed E-state index contributed by atoms with van der Waals surface area (Å²) in [6.07, 6.45) is 5.43. The molecule has 6 heteroatoms. The average molecular weight is 512 g/mol. The van der Waals surface area contributed by atoms with Crippen LogP contribution in [0.1, 0.15) is 48.9 Å². The zero-order chi connectivity index (χ0) is 26.8. The minimum Gasteiger partial charge on any atom is -0.494 e. The summed E-state index contributed by atoms with van der Waals surface area (Å²) in [6.45, 7) is 9.38. The normalized spacial score (nSPS) is 9.86.